The van der Waals surface area contributed by atoms with Gasteiger partial charge in [0.1, 0.15) is 5.82 Å². The standard InChI is InChI=1S/C14H13F3N2/c15-10-8-12(17)11(16)7-9(10)14-13-3-1-5-19(13)6-2-4-18-14/h1,3,5,7-8,14,18H,2,4,6H2. The van der Waals surface area contributed by atoms with Crippen LogP contribution < -0.4 is 5.32 Å². The minimum absolute atomic E-state index is 0.140. The second-order valence-electron chi connectivity index (χ2n) is 4.65. The van der Waals surface area contributed by atoms with E-state index in [-0.39, 0.29) is 5.56 Å². The van der Waals surface area contributed by atoms with Crippen molar-refractivity contribution in [3.05, 3.63) is 59.2 Å². The molecule has 2 heterocycles. The fourth-order valence-electron chi connectivity index (χ4n) is 2.52. The molecule has 1 aromatic carbocycles. The maximum Gasteiger partial charge on any atom is 0.161 e. The average molecular weight is 266 g/mol. The zero-order chi connectivity index (χ0) is 13.4. The Hall–Kier alpha value is -1.75. The number of nitrogens with zero attached hydrogens (tertiary/aromatic N) is 1. The molecule has 3 rings (SSSR count). The SMILES string of the molecule is Fc1cc(F)c(C2NCCCn3cccc32)cc1F. The molecule has 1 aromatic heterocycles. The van der Waals surface area contributed by atoms with E-state index in [9.17, 15) is 13.2 Å². The summed E-state index contributed by atoms with van der Waals surface area (Å²) < 4.78 is 42.2. The molecule has 0 fully saturated rings. The van der Waals surface area contributed by atoms with E-state index >= 15 is 0 Å². The van der Waals surface area contributed by atoms with Crippen LogP contribution in [0.15, 0.2) is 30.5 Å². The molecule has 1 atom stereocenters. The van der Waals surface area contributed by atoms with Crippen molar-refractivity contribution < 1.29 is 13.2 Å². The summed E-state index contributed by atoms with van der Waals surface area (Å²) >= 11 is 0. The smallest absolute Gasteiger partial charge is 0.161 e. The predicted octanol–water partition coefficient (Wildman–Crippen LogP) is 2.99. The van der Waals surface area contributed by atoms with Crippen LogP contribution in [0.2, 0.25) is 0 Å². The van der Waals surface area contributed by atoms with E-state index in [1.807, 2.05) is 22.9 Å². The molecule has 0 spiro atoms. The highest BCUT2D eigenvalue weighted by molar-refractivity contribution is 5.31. The van der Waals surface area contributed by atoms with Crippen LogP contribution in [0.1, 0.15) is 23.7 Å². The molecule has 100 valence electrons. The zero-order valence-corrected chi connectivity index (χ0v) is 10.2. The Morgan fingerprint density at radius 1 is 1.11 bits per heavy atom. The molecule has 1 unspecified atom stereocenters. The Morgan fingerprint density at radius 2 is 1.89 bits per heavy atom. The van der Waals surface area contributed by atoms with E-state index in [1.54, 1.807) is 0 Å². The first kappa shape index (κ1) is 12.3. The van der Waals surface area contributed by atoms with Crippen molar-refractivity contribution in [1.82, 2.24) is 9.88 Å². The van der Waals surface area contributed by atoms with Gasteiger partial charge in [0.25, 0.3) is 0 Å². The van der Waals surface area contributed by atoms with Crippen molar-refractivity contribution in [3.8, 4) is 0 Å². The van der Waals surface area contributed by atoms with Gasteiger partial charge in [-0.05, 0) is 31.2 Å². The number of nitrogens with one attached hydrogen (secondary N) is 1. The molecule has 1 aliphatic heterocycles. The summed E-state index contributed by atoms with van der Waals surface area (Å²) in [5.41, 5.74) is 1.00. The number of benzene rings is 1. The lowest BCUT2D eigenvalue weighted by Crippen LogP contribution is -2.23. The lowest BCUT2D eigenvalue weighted by Gasteiger charge is -2.18. The molecule has 0 saturated carbocycles. The fraction of sp³-hybridized carbons (Fsp3) is 0.286. The van der Waals surface area contributed by atoms with Crippen LogP contribution in [-0.2, 0) is 6.54 Å². The summed E-state index contributed by atoms with van der Waals surface area (Å²) in [4.78, 5) is 0. The van der Waals surface area contributed by atoms with Crippen LogP contribution in [0.25, 0.3) is 0 Å². The second kappa shape index (κ2) is 4.74. The van der Waals surface area contributed by atoms with E-state index in [1.165, 1.54) is 0 Å². The molecule has 5 heteroatoms. The van der Waals surface area contributed by atoms with Crippen molar-refractivity contribution in [3.63, 3.8) is 0 Å². The van der Waals surface area contributed by atoms with Crippen molar-refractivity contribution in [1.29, 1.82) is 0 Å². The number of hydrogen-bond acceptors (Lipinski definition) is 1. The highest BCUT2D eigenvalue weighted by Crippen LogP contribution is 2.28. The third-order valence-electron chi connectivity index (χ3n) is 3.44. The van der Waals surface area contributed by atoms with Crippen LogP contribution in [0.4, 0.5) is 13.2 Å². The van der Waals surface area contributed by atoms with E-state index in [2.05, 4.69) is 5.32 Å². The molecule has 0 bridgehead atoms. The molecule has 1 aliphatic rings. The van der Waals surface area contributed by atoms with E-state index < -0.39 is 23.5 Å². The number of hydrogen-bond donors (Lipinski definition) is 1. The van der Waals surface area contributed by atoms with E-state index in [4.69, 9.17) is 0 Å². The van der Waals surface area contributed by atoms with E-state index in [0.29, 0.717) is 12.6 Å². The summed E-state index contributed by atoms with van der Waals surface area (Å²) in [6, 6.07) is 4.82. The van der Waals surface area contributed by atoms with Gasteiger partial charge in [0.05, 0.1) is 6.04 Å². The summed E-state index contributed by atoms with van der Waals surface area (Å²) in [6.07, 6.45) is 2.82. The van der Waals surface area contributed by atoms with Crippen molar-refractivity contribution in [2.75, 3.05) is 6.54 Å². The Labute approximate surface area is 108 Å². The number of fused-ring (bicyclic) bond motifs is 1. The first-order valence-electron chi connectivity index (χ1n) is 6.19. The number of aryl methyl sites for hydroxylation is 1. The quantitative estimate of drug-likeness (QED) is 0.785. The highest BCUT2D eigenvalue weighted by Gasteiger charge is 2.24. The van der Waals surface area contributed by atoms with Gasteiger partial charge < -0.3 is 9.88 Å². The van der Waals surface area contributed by atoms with Crippen LogP contribution in [0, 0.1) is 17.5 Å². The summed E-state index contributed by atoms with van der Waals surface area (Å²) in [5, 5.41) is 3.18. The first-order chi connectivity index (χ1) is 9.16. The lowest BCUT2D eigenvalue weighted by atomic mass is 10.0. The molecule has 2 aromatic rings. The molecular formula is C14H13F3N2. The van der Waals surface area contributed by atoms with Gasteiger partial charge in [0.2, 0.25) is 0 Å². The minimum atomic E-state index is -1.16. The molecule has 19 heavy (non-hydrogen) atoms. The van der Waals surface area contributed by atoms with Gasteiger partial charge >= 0.3 is 0 Å². The second-order valence-corrected chi connectivity index (χ2v) is 4.65. The van der Waals surface area contributed by atoms with Crippen LogP contribution in [0.5, 0.6) is 0 Å². The van der Waals surface area contributed by atoms with Crippen LogP contribution in [0.3, 0.4) is 0 Å². The van der Waals surface area contributed by atoms with Gasteiger partial charge in [-0.15, -0.1) is 0 Å². The van der Waals surface area contributed by atoms with Crippen molar-refractivity contribution >= 4 is 0 Å². The largest absolute Gasteiger partial charge is 0.350 e. The summed E-state index contributed by atoms with van der Waals surface area (Å²) in [5.74, 6) is -2.92. The lowest BCUT2D eigenvalue weighted by molar-refractivity contribution is 0.480. The van der Waals surface area contributed by atoms with Crippen LogP contribution >= 0.6 is 0 Å². The van der Waals surface area contributed by atoms with Gasteiger partial charge in [-0.25, -0.2) is 13.2 Å². The summed E-state index contributed by atoms with van der Waals surface area (Å²) in [6.45, 7) is 1.53. The average Bonchev–Trinajstić information content (AvgIpc) is 2.75. The van der Waals surface area contributed by atoms with Gasteiger partial charge in [-0.2, -0.15) is 0 Å². The molecule has 0 amide bonds. The number of halogens is 3. The van der Waals surface area contributed by atoms with Crippen molar-refractivity contribution in [2.45, 2.75) is 19.0 Å². The topological polar surface area (TPSA) is 17.0 Å². The Balaban J connectivity index is 2.10. The molecule has 0 saturated heterocycles. The molecule has 1 N–H and O–H groups in total. The highest BCUT2D eigenvalue weighted by atomic mass is 19.2. The predicted molar refractivity (Wildman–Crippen MR) is 65.2 cm³/mol. The van der Waals surface area contributed by atoms with E-state index in [0.717, 1.165) is 24.7 Å². The molecule has 2 nitrogen and oxygen atoms in total. The van der Waals surface area contributed by atoms with Gasteiger partial charge in [0.15, 0.2) is 11.6 Å². The zero-order valence-electron chi connectivity index (χ0n) is 10.2. The van der Waals surface area contributed by atoms with Gasteiger partial charge in [0, 0.05) is 30.1 Å². The first-order valence-corrected chi connectivity index (χ1v) is 6.19. The minimum Gasteiger partial charge on any atom is -0.350 e. The Bertz CT molecular complexity index is 607. The third kappa shape index (κ3) is 2.14. The van der Waals surface area contributed by atoms with Gasteiger partial charge in [-0.1, -0.05) is 0 Å². The van der Waals surface area contributed by atoms with Crippen LogP contribution in [-0.4, -0.2) is 11.1 Å². The fourth-order valence-corrected chi connectivity index (χ4v) is 2.52. The molecular weight excluding hydrogens is 253 g/mol. The monoisotopic (exact) mass is 266 g/mol. The molecule has 0 aliphatic carbocycles. The maximum absolute atomic E-state index is 13.9. The Morgan fingerprint density at radius 3 is 2.74 bits per heavy atom. The normalized spacial score (nSPS) is 19.0. The summed E-state index contributed by atoms with van der Waals surface area (Å²) in [7, 11) is 0. The van der Waals surface area contributed by atoms with Gasteiger partial charge in [-0.3, -0.25) is 0 Å². The molecule has 0 radical (unpaired) electrons. The Kier molecular flexibility index (Phi) is 3.06. The number of aromatic nitrogens is 1. The third-order valence-corrected chi connectivity index (χ3v) is 3.44. The maximum atomic E-state index is 13.9. The van der Waals surface area contributed by atoms with Crippen molar-refractivity contribution in [2.24, 2.45) is 0 Å². The number of rotatable bonds is 1.